The highest BCUT2D eigenvalue weighted by atomic mass is 35.5. The van der Waals surface area contributed by atoms with Crippen molar-refractivity contribution in [2.75, 3.05) is 4.90 Å². The van der Waals surface area contributed by atoms with Crippen molar-refractivity contribution in [1.82, 2.24) is 15.3 Å². The lowest BCUT2D eigenvalue weighted by molar-refractivity contribution is 0.570. The first-order chi connectivity index (χ1) is 16.2. The molecule has 4 aromatic rings. The number of fused-ring (bicyclic) bond motifs is 2. The summed E-state index contributed by atoms with van der Waals surface area (Å²) in [6, 6.07) is 22.5. The Kier molecular flexibility index (Phi) is 5.12. The number of rotatable bonds is 3. The second-order valence-corrected chi connectivity index (χ2v) is 9.24. The first kappa shape index (κ1) is 20.4. The molecule has 7 heteroatoms. The van der Waals surface area contributed by atoms with E-state index in [4.69, 9.17) is 28.8 Å². The topological polar surface area (TPSA) is 56.3 Å². The van der Waals surface area contributed by atoms with Crippen LogP contribution in [0.25, 0.3) is 11.0 Å². The van der Waals surface area contributed by atoms with Crippen molar-refractivity contribution in [3.8, 4) is 0 Å². The third kappa shape index (κ3) is 3.59. The largest absolute Gasteiger partial charge is 0.345 e. The summed E-state index contributed by atoms with van der Waals surface area (Å²) in [5.41, 5.74) is 6.50. The van der Waals surface area contributed by atoms with Crippen LogP contribution in [0.15, 0.2) is 78.0 Å². The Labute approximate surface area is 202 Å². The summed E-state index contributed by atoms with van der Waals surface area (Å²) >= 11 is 12.5. The number of aliphatic imine (C=N–C) groups is 1. The molecule has 0 spiro atoms. The molecule has 1 aliphatic carbocycles. The van der Waals surface area contributed by atoms with E-state index in [1.807, 2.05) is 30.3 Å². The summed E-state index contributed by atoms with van der Waals surface area (Å²) in [7, 11) is 0. The Morgan fingerprint density at radius 2 is 1.85 bits per heavy atom. The van der Waals surface area contributed by atoms with Gasteiger partial charge in [0.25, 0.3) is 0 Å². The van der Waals surface area contributed by atoms with Gasteiger partial charge in [-0.15, -0.1) is 0 Å². The SMILES string of the molecule is S=C1NC(=NC2CCCc3ccccc32)C(c2ccccc2Cl)N1c1ccc2nc[nH]c2c1. The van der Waals surface area contributed by atoms with Gasteiger partial charge >= 0.3 is 0 Å². The van der Waals surface area contributed by atoms with E-state index in [2.05, 4.69) is 56.6 Å². The van der Waals surface area contributed by atoms with Crippen molar-refractivity contribution in [3.63, 3.8) is 0 Å². The quantitative estimate of drug-likeness (QED) is 0.353. The van der Waals surface area contributed by atoms with Gasteiger partial charge in [0.05, 0.1) is 23.4 Å². The number of benzene rings is 3. The predicted molar refractivity (Wildman–Crippen MR) is 138 cm³/mol. The molecule has 2 N–H and O–H groups in total. The Hall–Kier alpha value is -3.22. The molecule has 33 heavy (non-hydrogen) atoms. The lowest BCUT2D eigenvalue weighted by Crippen LogP contribution is -2.29. The molecule has 1 saturated heterocycles. The maximum absolute atomic E-state index is 6.70. The average molecular weight is 472 g/mol. The fourth-order valence-corrected chi connectivity index (χ4v) is 5.49. The van der Waals surface area contributed by atoms with E-state index in [9.17, 15) is 0 Å². The highest BCUT2D eigenvalue weighted by Gasteiger charge is 2.38. The number of nitrogens with one attached hydrogen (secondary N) is 2. The molecule has 1 aromatic heterocycles. The smallest absolute Gasteiger partial charge is 0.179 e. The van der Waals surface area contributed by atoms with Crippen LogP contribution in [-0.4, -0.2) is 20.9 Å². The van der Waals surface area contributed by atoms with Gasteiger partial charge in [0.15, 0.2) is 5.11 Å². The maximum Gasteiger partial charge on any atom is 0.179 e. The number of anilines is 1. The van der Waals surface area contributed by atoms with E-state index in [1.165, 1.54) is 11.1 Å². The summed E-state index contributed by atoms with van der Waals surface area (Å²) in [4.78, 5) is 14.9. The summed E-state index contributed by atoms with van der Waals surface area (Å²) in [6.45, 7) is 0. The number of hydrogen-bond donors (Lipinski definition) is 2. The number of halogens is 1. The highest BCUT2D eigenvalue weighted by Crippen LogP contribution is 2.39. The first-order valence-electron chi connectivity index (χ1n) is 11.1. The number of thiocarbonyl (C=S) groups is 1. The normalized spacial score (nSPS) is 21.4. The average Bonchev–Trinajstić information content (AvgIpc) is 3.43. The van der Waals surface area contributed by atoms with Gasteiger partial charge in [0, 0.05) is 16.3 Å². The highest BCUT2D eigenvalue weighted by molar-refractivity contribution is 7.80. The van der Waals surface area contributed by atoms with Crippen LogP contribution in [0, 0.1) is 0 Å². The Bertz CT molecular complexity index is 1390. The Morgan fingerprint density at radius 1 is 1.03 bits per heavy atom. The van der Waals surface area contributed by atoms with E-state index < -0.39 is 0 Å². The van der Waals surface area contributed by atoms with Crippen LogP contribution >= 0.6 is 23.8 Å². The summed E-state index contributed by atoms with van der Waals surface area (Å²) in [6.07, 6.45) is 4.95. The van der Waals surface area contributed by atoms with Gasteiger partial charge < -0.3 is 15.2 Å². The summed E-state index contributed by atoms with van der Waals surface area (Å²) < 4.78 is 0. The molecule has 0 amide bonds. The van der Waals surface area contributed by atoms with Crippen LogP contribution in [0.5, 0.6) is 0 Å². The van der Waals surface area contributed by atoms with Crippen molar-refractivity contribution in [3.05, 3.63) is 94.8 Å². The lowest BCUT2D eigenvalue weighted by Gasteiger charge is -2.27. The number of aryl methyl sites for hydroxylation is 1. The number of aromatic nitrogens is 2. The molecule has 0 bridgehead atoms. The van der Waals surface area contributed by atoms with Crippen LogP contribution in [0.3, 0.4) is 0 Å². The van der Waals surface area contributed by atoms with Gasteiger partial charge in [0.2, 0.25) is 0 Å². The molecule has 2 unspecified atom stereocenters. The number of amidine groups is 1. The van der Waals surface area contributed by atoms with Crippen molar-refractivity contribution in [2.24, 2.45) is 4.99 Å². The summed E-state index contributed by atoms with van der Waals surface area (Å²) in [5.74, 6) is 0.833. The van der Waals surface area contributed by atoms with Crippen LogP contribution in [-0.2, 0) is 6.42 Å². The fourth-order valence-electron chi connectivity index (χ4n) is 4.93. The van der Waals surface area contributed by atoms with Gasteiger partial charge in [-0.1, -0.05) is 54.1 Å². The molecule has 2 aliphatic rings. The minimum Gasteiger partial charge on any atom is -0.345 e. The van der Waals surface area contributed by atoms with Crippen LogP contribution < -0.4 is 10.2 Å². The second kappa shape index (κ2) is 8.28. The number of H-pyrrole nitrogens is 1. The number of aromatic amines is 1. The number of hydrogen-bond acceptors (Lipinski definition) is 3. The molecular formula is C26H22ClN5S. The van der Waals surface area contributed by atoms with Gasteiger partial charge in [-0.25, -0.2) is 4.98 Å². The van der Waals surface area contributed by atoms with Crippen molar-refractivity contribution in [1.29, 1.82) is 0 Å². The number of nitrogens with zero attached hydrogens (tertiary/aromatic N) is 3. The maximum atomic E-state index is 6.70. The molecule has 0 radical (unpaired) electrons. The molecule has 5 nitrogen and oxygen atoms in total. The predicted octanol–water partition coefficient (Wildman–Crippen LogP) is 6.13. The lowest BCUT2D eigenvalue weighted by atomic mass is 9.88. The fraction of sp³-hybridized carbons (Fsp3) is 0.192. The molecule has 3 aromatic carbocycles. The third-order valence-corrected chi connectivity index (χ3v) is 7.13. The molecule has 1 fully saturated rings. The summed E-state index contributed by atoms with van der Waals surface area (Å²) in [5, 5.41) is 4.73. The molecular weight excluding hydrogens is 450 g/mol. The molecule has 164 valence electrons. The Balaban J connectivity index is 1.48. The monoisotopic (exact) mass is 471 g/mol. The molecule has 6 rings (SSSR count). The van der Waals surface area contributed by atoms with E-state index >= 15 is 0 Å². The van der Waals surface area contributed by atoms with Crippen LogP contribution in [0.4, 0.5) is 5.69 Å². The molecule has 2 atom stereocenters. The first-order valence-corrected chi connectivity index (χ1v) is 11.9. The zero-order chi connectivity index (χ0) is 22.4. The van der Waals surface area contributed by atoms with E-state index in [0.29, 0.717) is 10.1 Å². The molecule has 1 aliphatic heterocycles. The minimum absolute atomic E-state index is 0.0975. The van der Waals surface area contributed by atoms with Gasteiger partial charge in [-0.3, -0.25) is 4.99 Å². The van der Waals surface area contributed by atoms with E-state index in [0.717, 1.165) is 47.4 Å². The van der Waals surface area contributed by atoms with Crippen molar-refractivity contribution in [2.45, 2.75) is 31.3 Å². The molecule has 2 heterocycles. The van der Waals surface area contributed by atoms with Crippen molar-refractivity contribution >= 4 is 51.5 Å². The van der Waals surface area contributed by atoms with Crippen molar-refractivity contribution < 1.29 is 0 Å². The zero-order valence-electron chi connectivity index (χ0n) is 17.8. The standard InChI is InChI=1S/C26H22ClN5S/c27-20-10-4-3-9-19(20)24-25(30-21-11-5-7-16-6-1-2-8-18(16)21)31-26(33)32(24)17-12-13-22-23(14-17)29-15-28-22/h1-4,6,8-10,12-15,21,24H,5,7,11H2,(H,28,29)(H,30,31,33). The minimum atomic E-state index is -0.235. The van der Waals surface area contributed by atoms with Gasteiger partial charge in [-0.05, 0) is 66.9 Å². The van der Waals surface area contributed by atoms with Crippen LogP contribution in [0.2, 0.25) is 5.02 Å². The Morgan fingerprint density at radius 3 is 2.73 bits per heavy atom. The van der Waals surface area contributed by atoms with Gasteiger partial charge in [0.1, 0.15) is 11.9 Å². The van der Waals surface area contributed by atoms with E-state index in [1.54, 1.807) is 6.33 Å². The number of imidazole rings is 1. The second-order valence-electron chi connectivity index (χ2n) is 8.45. The van der Waals surface area contributed by atoms with E-state index in [-0.39, 0.29) is 12.1 Å². The third-order valence-electron chi connectivity index (χ3n) is 6.49. The van der Waals surface area contributed by atoms with Gasteiger partial charge in [-0.2, -0.15) is 0 Å². The zero-order valence-corrected chi connectivity index (χ0v) is 19.4. The molecule has 0 saturated carbocycles. The van der Waals surface area contributed by atoms with Crippen LogP contribution in [0.1, 0.15) is 41.6 Å².